The van der Waals surface area contributed by atoms with Crippen LogP contribution in [0.15, 0.2) is 365 Å². The fourth-order valence-corrected chi connectivity index (χ4v) is 13.4. The number of aromatic nitrogens is 9. The molecule has 24 nitrogen and oxygen atoms in total. The van der Waals surface area contributed by atoms with E-state index in [1.807, 2.05) is 291 Å². The minimum Gasteiger partial charge on any atom is -0.650 e. The number of methoxy groups -OCH3 is 2. The molecule has 12 aromatic carbocycles. The second kappa shape index (κ2) is 60.9. The van der Waals surface area contributed by atoms with Crippen molar-refractivity contribution in [3.8, 4) is 135 Å². The van der Waals surface area contributed by atoms with Crippen LogP contribution in [0.5, 0.6) is 0 Å². The number of benzene rings is 12. The van der Waals surface area contributed by atoms with Gasteiger partial charge in [-0.2, -0.15) is 0 Å². The third-order valence-electron chi connectivity index (χ3n) is 20.0. The molecule has 28 heteroatoms. The van der Waals surface area contributed by atoms with Gasteiger partial charge < -0.3 is 65.4 Å². The largest absolute Gasteiger partial charge is 0.650 e. The number of hydrogen-bond acceptors (Lipinski definition) is 17. The molecule has 5 aromatic heterocycles. The van der Waals surface area contributed by atoms with Crippen LogP contribution in [-0.4, -0.2) is 139 Å². The fraction of sp³-hybridized carbons (Fsp3) is 0.124. The molecule has 18 rings (SSSR count). The van der Waals surface area contributed by atoms with Crippen LogP contribution in [0.2, 0.25) is 0 Å². The normalized spacial score (nSPS) is 11.8. The predicted octanol–water partition coefficient (Wildman–Crippen LogP) is 24.1. The van der Waals surface area contributed by atoms with Crippen LogP contribution < -0.4 is 0 Å². The van der Waals surface area contributed by atoms with Crippen molar-refractivity contribution in [3.05, 3.63) is 446 Å². The number of rotatable bonds is 20. The van der Waals surface area contributed by atoms with Crippen LogP contribution in [0.3, 0.4) is 0 Å². The molecule has 17 aromatic rings. The summed E-state index contributed by atoms with van der Waals surface area (Å²) in [7, 11) is 2.71. The molecule has 1 aliphatic rings. The van der Waals surface area contributed by atoms with Crippen molar-refractivity contribution in [3.63, 3.8) is 0 Å². The maximum atomic E-state index is 10.1. The predicted molar refractivity (Wildman–Crippen MR) is 532 cm³/mol. The van der Waals surface area contributed by atoms with Gasteiger partial charge in [0, 0.05) is 155 Å². The molecule has 0 amide bonds. The SMILES string of the molecule is CC(O)CC(C)O.COC(O)CC(O)OC.O=C(O)C1CCC[N-]1.O=C(O)c1ccccn1.[C-]#[N+]c1cccc(-c2cnc(-c3[c-]cccc3)c(-c3ccccc3)n2)c1.[C-]#[N+]c1cccc(-c2cnc(-c3[c-]cccc3)c(-c3ccccc3)n2)c1.[C-]#[N+]c1cccc(-c2cnc(-c3[c-]cccc3)c(-c3ccccc3)n2)c1.[C-]#[N+]c1cccc(-c2cnc(-c3[c-]cccc3)c(-c3ccccc3)n2)c1.[Ir].[Ir].[Ir].[Ir]. The van der Waals surface area contributed by atoms with E-state index in [4.69, 9.17) is 76.9 Å². The van der Waals surface area contributed by atoms with Crippen LogP contribution in [0, 0.1) is 50.6 Å². The molecule has 0 spiro atoms. The van der Waals surface area contributed by atoms with Gasteiger partial charge in [-0.15, -0.1) is 150 Å². The van der Waals surface area contributed by atoms with E-state index in [2.05, 4.69) is 83.4 Å². The van der Waals surface area contributed by atoms with Crippen molar-refractivity contribution >= 4 is 34.7 Å². The molecule has 1 saturated heterocycles. The van der Waals surface area contributed by atoms with Crippen LogP contribution in [-0.2, 0) is 94.7 Å². The molecule has 6 heterocycles. The minimum atomic E-state index is -0.990. The molecule has 6 N–H and O–H groups in total. The molecule has 141 heavy (non-hydrogen) atoms. The Balaban J connectivity index is 0.000000228. The number of carboxylic acids is 2. The maximum Gasteiger partial charge on any atom is 0.354 e. The summed E-state index contributed by atoms with van der Waals surface area (Å²) in [5.74, 6) is -1.77. The standard InChI is InChI=1S/4C23H14N3.C6H5NO2.C5H8NO2.C5H12O4.C5H12O2.4Ir/c4*1-24-20-14-8-13-19(15-20)21-16-25-22(17-9-4-2-5-10-17)23(26-21)18-11-6-3-7-12-18;8-6(9)5-3-1-2-4-7-5;7-5(8)4-2-1-3-6-4;1-8-4(6)3-5(7)9-2;1-4(6)3-5(2)7;;;;/h4*2-9,11-16H;1-4H,(H,8,9);4H,1-3H2,(H,7,8);4-7H,3H2,1-2H3;4-7H,3H2,1-2H3;;;;/q4*-1;;-1;;;;;;. The molecule has 5 atom stereocenters. The summed E-state index contributed by atoms with van der Waals surface area (Å²) < 4.78 is 8.88. The molecular weight excluding hydrogens is 2480 g/mol. The van der Waals surface area contributed by atoms with Crippen molar-refractivity contribution in [2.75, 3.05) is 20.8 Å². The Morgan fingerprint density at radius 3 is 0.816 bits per heavy atom. The van der Waals surface area contributed by atoms with E-state index in [9.17, 15) is 9.59 Å². The topological polar surface area (TPSA) is 322 Å². The summed E-state index contributed by atoms with van der Waals surface area (Å²) in [6.07, 6.45) is 8.05. The third-order valence-corrected chi connectivity index (χ3v) is 20.0. The smallest absolute Gasteiger partial charge is 0.354 e. The second-order valence-electron chi connectivity index (χ2n) is 30.0. The van der Waals surface area contributed by atoms with E-state index in [0.29, 0.717) is 29.2 Å². The van der Waals surface area contributed by atoms with E-state index < -0.39 is 30.6 Å². The van der Waals surface area contributed by atoms with E-state index in [0.717, 1.165) is 154 Å². The van der Waals surface area contributed by atoms with Gasteiger partial charge >= 0.3 is 5.97 Å². The van der Waals surface area contributed by atoms with Crippen molar-refractivity contribution < 1.29 is 130 Å². The van der Waals surface area contributed by atoms with Crippen molar-refractivity contribution in [2.24, 2.45) is 0 Å². The summed E-state index contributed by atoms with van der Waals surface area (Å²) >= 11 is 0. The fourth-order valence-electron chi connectivity index (χ4n) is 13.4. The first-order valence-electron chi connectivity index (χ1n) is 43.2. The Bertz CT molecular complexity index is 6150. The molecule has 5 unspecified atom stereocenters. The van der Waals surface area contributed by atoms with Gasteiger partial charge in [0.05, 0.1) is 84.0 Å². The zero-order valence-electron chi connectivity index (χ0n) is 76.5. The molecule has 0 saturated carbocycles. The quantitative estimate of drug-likeness (QED) is 0.0305. The average Bonchev–Trinajstić information content (AvgIpc) is 0.886. The first-order chi connectivity index (χ1) is 66.8. The molecule has 1 fully saturated rings. The third kappa shape index (κ3) is 35.3. The molecule has 1 aliphatic heterocycles. The number of carboxylic acid groups (broad SMARTS) is 2. The Kier molecular flexibility index (Phi) is 49.0. The molecule has 4 radical (unpaired) electrons. The number of carbonyl (C=O) groups is 2. The summed E-state index contributed by atoms with van der Waals surface area (Å²) in [4.78, 5) is 76.1. The van der Waals surface area contributed by atoms with Gasteiger partial charge in [-0.3, -0.25) is 24.7 Å². The average molecular weight is 2580 g/mol. The number of nitrogens with zero attached hydrogens (tertiary/aromatic N) is 14. The number of hydrogen-bond donors (Lipinski definition) is 6. The van der Waals surface area contributed by atoms with Crippen LogP contribution >= 0.6 is 0 Å². The van der Waals surface area contributed by atoms with Crippen molar-refractivity contribution in [2.45, 2.75) is 70.4 Å². The van der Waals surface area contributed by atoms with E-state index in [1.165, 1.54) is 26.5 Å². The van der Waals surface area contributed by atoms with Gasteiger partial charge in [0.25, 0.3) is 5.97 Å². The van der Waals surface area contributed by atoms with Crippen LogP contribution in [0.25, 0.3) is 160 Å². The monoisotopic (exact) mass is 2580 g/mol. The van der Waals surface area contributed by atoms with Gasteiger partial charge in [-0.25, -0.2) is 29.2 Å². The van der Waals surface area contributed by atoms with Crippen LogP contribution in [0.1, 0.15) is 50.0 Å². The molecule has 0 aliphatic carbocycles. The van der Waals surface area contributed by atoms with E-state index in [-0.39, 0.29) is 105 Å². The molecule has 716 valence electrons. The number of ether oxygens (including phenoxy) is 2. The Hall–Kier alpha value is -14.7. The van der Waals surface area contributed by atoms with Crippen molar-refractivity contribution in [1.29, 1.82) is 0 Å². The first-order valence-corrected chi connectivity index (χ1v) is 43.2. The Morgan fingerprint density at radius 1 is 0.355 bits per heavy atom. The number of pyridine rings is 1. The van der Waals surface area contributed by atoms with Gasteiger partial charge in [0.1, 0.15) is 5.69 Å². The number of aliphatic hydroxyl groups excluding tert-OH is 4. The van der Waals surface area contributed by atoms with Gasteiger partial charge in [0.2, 0.25) is 0 Å². The molecular formula is C113H93Ir4N14O10-5. The maximum absolute atomic E-state index is 10.1. The summed E-state index contributed by atoms with van der Waals surface area (Å²) in [5, 5.41) is 55.0. The Labute approximate surface area is 874 Å². The zero-order valence-corrected chi connectivity index (χ0v) is 86.1. The van der Waals surface area contributed by atoms with Gasteiger partial charge in [-0.05, 0) is 107 Å². The van der Waals surface area contributed by atoms with Crippen molar-refractivity contribution in [1.82, 2.24) is 44.9 Å². The van der Waals surface area contributed by atoms with Crippen LogP contribution in [0.4, 0.5) is 22.7 Å². The van der Waals surface area contributed by atoms with Gasteiger partial charge in [0.15, 0.2) is 35.3 Å². The molecule has 0 bridgehead atoms. The minimum absolute atomic E-state index is 0. The van der Waals surface area contributed by atoms with E-state index in [1.54, 1.807) is 75.0 Å². The van der Waals surface area contributed by atoms with Gasteiger partial charge in [-0.1, -0.05) is 213 Å². The van der Waals surface area contributed by atoms with E-state index >= 15 is 0 Å². The summed E-state index contributed by atoms with van der Waals surface area (Å²) in [6.45, 7) is 32.9. The number of aromatic carboxylic acids is 1. The summed E-state index contributed by atoms with van der Waals surface area (Å²) in [6, 6.07) is 118. The zero-order chi connectivity index (χ0) is 96.9. The number of aliphatic carboxylic acids is 1. The summed E-state index contributed by atoms with van der Waals surface area (Å²) in [5.41, 5.74) is 22.9. The Morgan fingerprint density at radius 2 is 0.624 bits per heavy atom. The number of aliphatic hydroxyl groups is 4. The first kappa shape index (κ1) is 113. The second-order valence-corrected chi connectivity index (χ2v) is 30.0.